The van der Waals surface area contributed by atoms with E-state index in [1.54, 1.807) is 24.0 Å². The van der Waals surface area contributed by atoms with E-state index >= 15 is 0 Å². The Morgan fingerprint density at radius 3 is 2.95 bits per heavy atom. The second-order valence-electron chi connectivity index (χ2n) is 5.94. The normalized spacial score (nSPS) is 22.2. The van der Waals surface area contributed by atoms with Crippen LogP contribution in [0.15, 0.2) is 18.2 Å². The van der Waals surface area contributed by atoms with Gasteiger partial charge in [-0.15, -0.1) is 0 Å². The molecule has 1 saturated heterocycles. The summed E-state index contributed by atoms with van der Waals surface area (Å²) in [6, 6.07) is 5.32. The Morgan fingerprint density at radius 2 is 2.29 bits per heavy atom. The molecule has 1 atom stereocenters. The second-order valence-corrected chi connectivity index (χ2v) is 6.38. The summed E-state index contributed by atoms with van der Waals surface area (Å²) >= 11 is 6.04. The average Bonchev–Trinajstić information content (AvgIpc) is 2.44. The van der Waals surface area contributed by atoms with E-state index in [2.05, 4.69) is 12.2 Å². The quantitative estimate of drug-likeness (QED) is 0.898. The zero-order valence-corrected chi connectivity index (χ0v) is 13.4. The fourth-order valence-corrected chi connectivity index (χ4v) is 2.84. The lowest BCUT2D eigenvalue weighted by molar-refractivity contribution is -0.0107. The molecule has 1 unspecified atom stereocenters. The average molecular weight is 311 g/mol. The van der Waals surface area contributed by atoms with Gasteiger partial charge in [0.2, 0.25) is 0 Å². The largest absolute Gasteiger partial charge is 0.388 e. The second kappa shape index (κ2) is 6.67. The first-order chi connectivity index (χ1) is 9.93. The van der Waals surface area contributed by atoms with Crippen LogP contribution in [0.4, 0.5) is 5.69 Å². The van der Waals surface area contributed by atoms with E-state index in [4.69, 9.17) is 11.6 Å². The van der Waals surface area contributed by atoms with Gasteiger partial charge < -0.3 is 15.3 Å². The number of β-amino-alcohol motifs (C(OH)–C–C–N with tert-alkyl or cyclic N) is 1. The van der Waals surface area contributed by atoms with E-state index in [-0.39, 0.29) is 5.91 Å². The van der Waals surface area contributed by atoms with Crippen molar-refractivity contribution in [2.75, 3.05) is 25.0 Å². The number of halogens is 1. The molecule has 1 aromatic carbocycles. The molecule has 0 spiro atoms. The van der Waals surface area contributed by atoms with Crippen molar-refractivity contribution in [2.24, 2.45) is 0 Å². The number of piperidine rings is 1. The van der Waals surface area contributed by atoms with Crippen molar-refractivity contribution >= 4 is 23.2 Å². The van der Waals surface area contributed by atoms with Crippen LogP contribution >= 0.6 is 11.6 Å². The number of hydrogen-bond donors (Lipinski definition) is 2. The monoisotopic (exact) mass is 310 g/mol. The highest BCUT2D eigenvalue weighted by Crippen LogP contribution is 2.26. The lowest BCUT2D eigenvalue weighted by Crippen LogP contribution is -2.48. The van der Waals surface area contributed by atoms with Crippen molar-refractivity contribution in [1.29, 1.82) is 0 Å². The topological polar surface area (TPSA) is 52.6 Å². The Hall–Kier alpha value is -1.26. The molecule has 0 saturated carbocycles. The number of likely N-dealkylation sites (tertiary alicyclic amines) is 1. The third-order valence-electron chi connectivity index (χ3n) is 3.74. The third kappa shape index (κ3) is 4.11. The van der Waals surface area contributed by atoms with Gasteiger partial charge in [-0.25, -0.2) is 0 Å². The van der Waals surface area contributed by atoms with Gasteiger partial charge in [0, 0.05) is 30.3 Å². The summed E-state index contributed by atoms with van der Waals surface area (Å²) in [4.78, 5) is 14.5. The molecule has 0 aromatic heterocycles. The first kappa shape index (κ1) is 16.1. The SMILES string of the molecule is CCCNc1ccc(Cl)cc1C(=O)N1CCCC(C)(O)C1. The van der Waals surface area contributed by atoms with Crippen LogP contribution in [0.25, 0.3) is 0 Å². The molecule has 2 N–H and O–H groups in total. The zero-order chi connectivity index (χ0) is 15.5. The van der Waals surface area contributed by atoms with Crippen molar-refractivity contribution in [1.82, 2.24) is 4.90 Å². The molecule has 1 aromatic rings. The number of nitrogens with zero attached hydrogens (tertiary/aromatic N) is 1. The maximum atomic E-state index is 12.7. The van der Waals surface area contributed by atoms with Gasteiger partial charge in [-0.1, -0.05) is 18.5 Å². The summed E-state index contributed by atoms with van der Waals surface area (Å²) in [5, 5.41) is 14.0. The van der Waals surface area contributed by atoms with E-state index in [1.807, 2.05) is 6.07 Å². The lowest BCUT2D eigenvalue weighted by Gasteiger charge is -2.37. The molecule has 21 heavy (non-hydrogen) atoms. The predicted molar refractivity (Wildman–Crippen MR) is 86.0 cm³/mol. The molecular weight excluding hydrogens is 288 g/mol. The Morgan fingerprint density at radius 1 is 1.52 bits per heavy atom. The van der Waals surface area contributed by atoms with Crippen LogP contribution < -0.4 is 5.32 Å². The van der Waals surface area contributed by atoms with E-state index in [9.17, 15) is 9.90 Å². The number of benzene rings is 1. The molecule has 4 nitrogen and oxygen atoms in total. The third-order valence-corrected chi connectivity index (χ3v) is 3.97. The van der Waals surface area contributed by atoms with Crippen molar-refractivity contribution < 1.29 is 9.90 Å². The molecule has 1 aliphatic rings. The zero-order valence-electron chi connectivity index (χ0n) is 12.7. The standard InChI is InChI=1S/C16H23ClN2O2/c1-3-8-18-14-6-5-12(17)10-13(14)15(20)19-9-4-7-16(2,21)11-19/h5-6,10,18,21H,3-4,7-9,11H2,1-2H3. The molecular formula is C16H23ClN2O2. The van der Waals surface area contributed by atoms with E-state index in [0.717, 1.165) is 31.5 Å². The Kier molecular flexibility index (Phi) is 5.12. The highest BCUT2D eigenvalue weighted by atomic mass is 35.5. The fraction of sp³-hybridized carbons (Fsp3) is 0.562. The van der Waals surface area contributed by atoms with Crippen LogP contribution in [-0.2, 0) is 0 Å². The van der Waals surface area contributed by atoms with Crippen LogP contribution in [0.2, 0.25) is 5.02 Å². The summed E-state index contributed by atoms with van der Waals surface area (Å²) in [5.74, 6) is -0.0731. The van der Waals surface area contributed by atoms with Crippen LogP contribution in [0, 0.1) is 0 Å². The molecule has 1 amide bonds. The number of hydrogen-bond acceptors (Lipinski definition) is 3. The highest BCUT2D eigenvalue weighted by Gasteiger charge is 2.32. The number of rotatable bonds is 4. The van der Waals surface area contributed by atoms with Crippen molar-refractivity contribution in [3.8, 4) is 0 Å². The van der Waals surface area contributed by atoms with Crippen molar-refractivity contribution in [2.45, 2.75) is 38.7 Å². The smallest absolute Gasteiger partial charge is 0.256 e. The van der Waals surface area contributed by atoms with Gasteiger partial charge in [-0.2, -0.15) is 0 Å². The van der Waals surface area contributed by atoms with Gasteiger partial charge in [-0.3, -0.25) is 4.79 Å². The summed E-state index contributed by atoms with van der Waals surface area (Å²) in [7, 11) is 0. The summed E-state index contributed by atoms with van der Waals surface area (Å²) in [6.07, 6.45) is 2.53. The van der Waals surface area contributed by atoms with Crippen molar-refractivity contribution in [3.05, 3.63) is 28.8 Å². The summed E-state index contributed by atoms with van der Waals surface area (Å²) < 4.78 is 0. The molecule has 0 aliphatic carbocycles. The summed E-state index contributed by atoms with van der Waals surface area (Å²) in [5.41, 5.74) is 0.578. The van der Waals surface area contributed by atoms with E-state index in [1.165, 1.54) is 0 Å². The molecule has 116 valence electrons. The minimum atomic E-state index is -0.802. The number of carbonyl (C=O) groups excluding carboxylic acids is 1. The molecule has 1 heterocycles. The minimum absolute atomic E-state index is 0.0731. The first-order valence-corrected chi connectivity index (χ1v) is 7.86. The summed E-state index contributed by atoms with van der Waals surface area (Å²) in [6.45, 7) is 5.70. The molecule has 2 rings (SSSR count). The number of carbonyl (C=O) groups is 1. The molecule has 1 fully saturated rings. The first-order valence-electron chi connectivity index (χ1n) is 7.48. The molecule has 5 heteroatoms. The molecule has 0 bridgehead atoms. The highest BCUT2D eigenvalue weighted by molar-refractivity contribution is 6.31. The number of nitrogens with one attached hydrogen (secondary N) is 1. The van der Waals surface area contributed by atoms with E-state index in [0.29, 0.717) is 23.7 Å². The number of aliphatic hydroxyl groups is 1. The maximum absolute atomic E-state index is 12.7. The minimum Gasteiger partial charge on any atom is -0.388 e. The van der Waals surface area contributed by atoms with Crippen LogP contribution in [0.1, 0.15) is 43.5 Å². The van der Waals surface area contributed by atoms with Gasteiger partial charge in [0.25, 0.3) is 5.91 Å². The Labute approximate surface area is 131 Å². The lowest BCUT2D eigenvalue weighted by atomic mass is 9.94. The predicted octanol–water partition coefficient (Wildman–Crippen LogP) is 3.15. The van der Waals surface area contributed by atoms with Gasteiger partial charge in [0.15, 0.2) is 0 Å². The van der Waals surface area contributed by atoms with Gasteiger partial charge in [0.1, 0.15) is 0 Å². The van der Waals surface area contributed by atoms with E-state index < -0.39 is 5.60 Å². The van der Waals surface area contributed by atoms with Crippen LogP contribution in [-0.4, -0.2) is 41.1 Å². The number of anilines is 1. The van der Waals surface area contributed by atoms with Gasteiger partial charge in [-0.05, 0) is 44.4 Å². The van der Waals surface area contributed by atoms with Crippen LogP contribution in [0.5, 0.6) is 0 Å². The Balaban J connectivity index is 2.23. The van der Waals surface area contributed by atoms with Gasteiger partial charge >= 0.3 is 0 Å². The maximum Gasteiger partial charge on any atom is 0.256 e. The van der Waals surface area contributed by atoms with Gasteiger partial charge in [0.05, 0.1) is 11.2 Å². The Bertz CT molecular complexity index is 517. The number of amides is 1. The molecule has 0 radical (unpaired) electrons. The van der Waals surface area contributed by atoms with Crippen LogP contribution in [0.3, 0.4) is 0 Å². The fourth-order valence-electron chi connectivity index (χ4n) is 2.67. The van der Waals surface area contributed by atoms with Crippen molar-refractivity contribution in [3.63, 3.8) is 0 Å². The molecule has 1 aliphatic heterocycles.